The number of thiazole rings is 1. The van der Waals surface area contributed by atoms with Gasteiger partial charge in [0, 0.05) is 29.3 Å². The molecule has 5 heteroatoms. The lowest BCUT2D eigenvalue weighted by molar-refractivity contribution is 0.283. The van der Waals surface area contributed by atoms with Crippen molar-refractivity contribution in [2.75, 3.05) is 6.61 Å². The lowest BCUT2D eigenvalue weighted by atomic mass is 10.0. The van der Waals surface area contributed by atoms with Gasteiger partial charge in [-0.25, -0.2) is 4.98 Å². The summed E-state index contributed by atoms with van der Waals surface area (Å²) in [5.74, 6) is 1.05. The number of halogens is 1. The van der Waals surface area contributed by atoms with Gasteiger partial charge in [0.05, 0.1) is 6.61 Å². The second kappa shape index (κ2) is 10.1. The van der Waals surface area contributed by atoms with Crippen LogP contribution in [0.1, 0.15) is 24.5 Å². The quantitative estimate of drug-likeness (QED) is 0.491. The number of rotatable bonds is 8. The molecule has 0 radical (unpaired) electrons. The van der Waals surface area contributed by atoms with Gasteiger partial charge in [0.25, 0.3) is 0 Å². The highest BCUT2D eigenvalue weighted by atomic mass is 35.5. The molecule has 0 aliphatic carbocycles. The van der Waals surface area contributed by atoms with E-state index in [1.54, 1.807) is 11.3 Å². The van der Waals surface area contributed by atoms with Crippen LogP contribution in [0.3, 0.4) is 0 Å². The Kier molecular flexibility index (Phi) is 7.82. The Morgan fingerprint density at radius 2 is 1.73 bits per heavy atom. The fourth-order valence-corrected chi connectivity index (χ4v) is 3.20. The van der Waals surface area contributed by atoms with E-state index >= 15 is 0 Å². The monoisotopic (exact) mass is 386 g/mol. The standard InChI is InChI=1S/C21H22N2OS.ClH/c1-2-16(14-22)15-24-20-9-5-18(6-10-20)13-17-3-7-19(8-4-17)21-23-11-12-25-21;/h3-12,14,16,22H,2,13,15H2,1H3;1H/t16-;/m1./s1. The second-order valence-corrected chi connectivity index (χ2v) is 6.90. The Morgan fingerprint density at radius 3 is 2.27 bits per heavy atom. The van der Waals surface area contributed by atoms with Gasteiger partial charge >= 0.3 is 0 Å². The van der Waals surface area contributed by atoms with Crippen LogP contribution < -0.4 is 4.74 Å². The number of benzene rings is 2. The Balaban J connectivity index is 0.00000243. The van der Waals surface area contributed by atoms with Crippen LogP contribution in [0.25, 0.3) is 10.6 Å². The van der Waals surface area contributed by atoms with Crippen LogP contribution in [0, 0.1) is 11.3 Å². The molecule has 1 N–H and O–H groups in total. The summed E-state index contributed by atoms with van der Waals surface area (Å²) in [6.07, 6.45) is 5.13. The largest absolute Gasteiger partial charge is 0.493 e. The van der Waals surface area contributed by atoms with E-state index in [0.717, 1.165) is 23.6 Å². The first-order chi connectivity index (χ1) is 12.3. The van der Waals surface area contributed by atoms with Crippen LogP contribution in [-0.4, -0.2) is 17.8 Å². The Hall–Kier alpha value is -2.17. The summed E-state index contributed by atoms with van der Waals surface area (Å²) in [6, 6.07) is 16.8. The molecule has 1 heterocycles. The SMILES string of the molecule is CC[C@H](C=N)COc1ccc(Cc2ccc(-c3nccs3)cc2)cc1.Cl. The minimum absolute atomic E-state index is 0. The third-order valence-corrected chi connectivity index (χ3v) is 5.01. The average Bonchev–Trinajstić information content (AvgIpc) is 3.19. The van der Waals surface area contributed by atoms with E-state index in [2.05, 4.69) is 48.3 Å². The number of ether oxygens (including phenoxy) is 1. The Labute approximate surface area is 165 Å². The van der Waals surface area contributed by atoms with Crippen molar-refractivity contribution in [2.24, 2.45) is 5.92 Å². The van der Waals surface area contributed by atoms with E-state index in [0.29, 0.717) is 6.61 Å². The number of nitrogens with zero attached hydrogens (tertiary/aromatic N) is 1. The van der Waals surface area contributed by atoms with Gasteiger partial charge in [0.2, 0.25) is 0 Å². The highest BCUT2D eigenvalue weighted by Crippen LogP contribution is 2.23. The van der Waals surface area contributed by atoms with Crippen molar-refractivity contribution in [1.29, 1.82) is 5.41 Å². The highest BCUT2D eigenvalue weighted by molar-refractivity contribution is 7.13. The molecule has 1 aromatic heterocycles. The smallest absolute Gasteiger partial charge is 0.123 e. The molecule has 3 rings (SSSR count). The maximum absolute atomic E-state index is 7.34. The van der Waals surface area contributed by atoms with Crippen molar-refractivity contribution in [2.45, 2.75) is 19.8 Å². The summed E-state index contributed by atoms with van der Waals surface area (Å²) < 4.78 is 5.76. The predicted octanol–water partition coefficient (Wildman–Crippen LogP) is 5.88. The van der Waals surface area contributed by atoms with E-state index in [9.17, 15) is 0 Å². The first-order valence-corrected chi connectivity index (χ1v) is 9.37. The number of hydrogen-bond acceptors (Lipinski definition) is 4. The second-order valence-electron chi connectivity index (χ2n) is 6.00. The fourth-order valence-electron chi connectivity index (χ4n) is 2.56. The third-order valence-electron chi connectivity index (χ3n) is 4.19. The zero-order chi connectivity index (χ0) is 17.5. The molecule has 0 fully saturated rings. The normalized spacial score (nSPS) is 11.4. The summed E-state index contributed by atoms with van der Waals surface area (Å²) >= 11 is 1.66. The first kappa shape index (κ1) is 20.1. The van der Waals surface area contributed by atoms with Gasteiger partial charge in [0.15, 0.2) is 0 Å². The van der Waals surface area contributed by atoms with Gasteiger partial charge < -0.3 is 10.1 Å². The molecule has 26 heavy (non-hydrogen) atoms. The van der Waals surface area contributed by atoms with E-state index < -0.39 is 0 Å². The molecule has 0 saturated carbocycles. The van der Waals surface area contributed by atoms with Crippen LogP contribution in [-0.2, 0) is 6.42 Å². The molecular weight excluding hydrogens is 364 g/mol. The fraction of sp³-hybridized carbons (Fsp3) is 0.238. The lowest BCUT2D eigenvalue weighted by Crippen LogP contribution is -2.11. The minimum atomic E-state index is 0. The molecule has 2 aromatic carbocycles. The van der Waals surface area contributed by atoms with E-state index in [1.807, 2.05) is 23.7 Å². The van der Waals surface area contributed by atoms with Crippen LogP contribution in [0.5, 0.6) is 5.75 Å². The van der Waals surface area contributed by atoms with Crippen LogP contribution >= 0.6 is 23.7 Å². The summed E-state index contributed by atoms with van der Waals surface area (Å²) in [5, 5.41) is 10.4. The molecule has 0 spiro atoms. The van der Waals surface area contributed by atoms with Gasteiger partial charge in [0.1, 0.15) is 10.8 Å². The third kappa shape index (κ3) is 5.41. The maximum Gasteiger partial charge on any atom is 0.123 e. The topological polar surface area (TPSA) is 46.0 Å². The van der Waals surface area contributed by atoms with Crippen molar-refractivity contribution >= 4 is 30.0 Å². The van der Waals surface area contributed by atoms with E-state index in [4.69, 9.17) is 10.1 Å². The molecule has 136 valence electrons. The zero-order valence-corrected chi connectivity index (χ0v) is 16.4. The first-order valence-electron chi connectivity index (χ1n) is 8.49. The van der Waals surface area contributed by atoms with E-state index in [1.165, 1.54) is 22.9 Å². The molecule has 0 unspecified atom stereocenters. The van der Waals surface area contributed by atoms with Crippen LogP contribution in [0.2, 0.25) is 0 Å². The molecule has 0 aliphatic rings. The Morgan fingerprint density at radius 1 is 1.08 bits per heavy atom. The Bertz CT molecular complexity index is 786. The molecule has 0 aliphatic heterocycles. The summed E-state index contributed by atoms with van der Waals surface area (Å²) in [7, 11) is 0. The van der Waals surface area contributed by atoms with Gasteiger partial charge in [-0.2, -0.15) is 0 Å². The molecule has 1 atom stereocenters. The predicted molar refractivity (Wildman–Crippen MR) is 112 cm³/mol. The average molecular weight is 387 g/mol. The zero-order valence-electron chi connectivity index (χ0n) is 14.7. The lowest BCUT2D eigenvalue weighted by Gasteiger charge is -2.11. The number of aromatic nitrogens is 1. The summed E-state index contributed by atoms with van der Waals surface area (Å²) in [4.78, 5) is 4.34. The summed E-state index contributed by atoms with van der Waals surface area (Å²) in [5.41, 5.74) is 3.71. The van der Waals surface area contributed by atoms with Gasteiger partial charge in [-0.05, 0) is 36.1 Å². The minimum Gasteiger partial charge on any atom is -0.493 e. The van der Waals surface area contributed by atoms with Crippen molar-refractivity contribution in [3.8, 4) is 16.3 Å². The number of hydrogen-bond donors (Lipinski definition) is 1. The van der Waals surface area contributed by atoms with E-state index in [-0.39, 0.29) is 18.3 Å². The molecule has 3 nitrogen and oxygen atoms in total. The van der Waals surface area contributed by atoms with Crippen LogP contribution in [0.15, 0.2) is 60.1 Å². The van der Waals surface area contributed by atoms with Gasteiger partial charge in [-0.1, -0.05) is 43.3 Å². The van der Waals surface area contributed by atoms with Gasteiger partial charge in [-0.15, -0.1) is 23.7 Å². The maximum atomic E-state index is 7.34. The summed E-state index contributed by atoms with van der Waals surface area (Å²) in [6.45, 7) is 2.64. The molecule has 3 aromatic rings. The highest BCUT2D eigenvalue weighted by Gasteiger charge is 2.04. The van der Waals surface area contributed by atoms with Crippen molar-refractivity contribution in [3.63, 3.8) is 0 Å². The van der Waals surface area contributed by atoms with Crippen molar-refractivity contribution in [1.82, 2.24) is 4.98 Å². The molecular formula is C21H23ClN2OS. The molecule has 0 amide bonds. The molecule has 0 bridgehead atoms. The molecule has 0 saturated heterocycles. The van der Waals surface area contributed by atoms with Crippen molar-refractivity contribution in [3.05, 3.63) is 71.2 Å². The van der Waals surface area contributed by atoms with Gasteiger partial charge in [-0.3, -0.25) is 0 Å². The van der Waals surface area contributed by atoms with Crippen molar-refractivity contribution < 1.29 is 4.74 Å². The number of nitrogens with one attached hydrogen (secondary N) is 1. The van der Waals surface area contributed by atoms with Crippen LogP contribution in [0.4, 0.5) is 0 Å².